The molecule has 2 rings (SSSR count). The summed E-state index contributed by atoms with van der Waals surface area (Å²) in [7, 11) is -1.93. The van der Waals surface area contributed by atoms with Gasteiger partial charge in [-0.3, -0.25) is 9.05 Å². The van der Waals surface area contributed by atoms with Gasteiger partial charge in [-0.2, -0.15) is 0 Å². The van der Waals surface area contributed by atoms with Gasteiger partial charge in [0.1, 0.15) is 6.10 Å². The molecule has 0 aromatic heterocycles. The second-order valence-corrected chi connectivity index (χ2v) is 12.2. The zero-order valence-electron chi connectivity index (χ0n) is 18.3. The molecule has 2 fully saturated rings. The molecule has 0 aromatic carbocycles. The lowest BCUT2D eigenvalue weighted by molar-refractivity contribution is -0.0355. The zero-order valence-corrected chi connectivity index (χ0v) is 19.2. The maximum absolute atomic E-state index is 10.9. The Bertz CT molecular complexity index is 552. The first-order valence-electron chi connectivity index (χ1n) is 10.0. The molecule has 6 heteroatoms. The van der Waals surface area contributed by atoms with Crippen molar-refractivity contribution in [1.82, 2.24) is 0 Å². The molecule has 2 aliphatic rings. The van der Waals surface area contributed by atoms with Gasteiger partial charge in [-0.05, 0) is 35.5 Å². The van der Waals surface area contributed by atoms with Crippen LogP contribution in [0.3, 0.4) is 0 Å². The molecule has 0 aliphatic heterocycles. The van der Waals surface area contributed by atoms with E-state index in [4.69, 9.17) is 9.05 Å². The van der Waals surface area contributed by atoms with E-state index in [1.165, 1.54) is 0 Å². The van der Waals surface area contributed by atoms with Crippen LogP contribution in [0.25, 0.3) is 0 Å². The molecule has 7 atom stereocenters. The molecular weight excluding hydrogens is 358 g/mol. The van der Waals surface area contributed by atoms with Crippen LogP contribution < -0.4 is 0 Å². The van der Waals surface area contributed by atoms with Crippen molar-refractivity contribution in [2.45, 2.75) is 80.4 Å². The smallest absolute Gasteiger partial charge is 0.191 e. The van der Waals surface area contributed by atoms with Crippen LogP contribution in [0.2, 0.25) is 0 Å². The fraction of sp³-hybridized carbons (Fsp3) is 1.00. The normalized spacial score (nSPS) is 45.8. The molecule has 2 N–H and O–H groups in total. The fourth-order valence-electron chi connectivity index (χ4n) is 5.45. The van der Waals surface area contributed by atoms with E-state index in [0.717, 1.165) is 12.8 Å². The molecule has 2 aliphatic carbocycles. The van der Waals surface area contributed by atoms with Gasteiger partial charge in [0, 0.05) is 17.4 Å². The molecule has 0 aromatic rings. The van der Waals surface area contributed by atoms with Crippen molar-refractivity contribution in [3.63, 3.8) is 0 Å². The van der Waals surface area contributed by atoms with Crippen LogP contribution in [-0.2, 0) is 9.05 Å². The third-order valence-corrected chi connectivity index (χ3v) is 9.17. The Kier molecular flexibility index (Phi) is 6.33. The molecule has 160 valence electrons. The first kappa shape index (κ1) is 23.6. The number of rotatable bonds is 6. The standard InChI is InChI=1S/C21H44BO4P/c1-14-10-21(8,12-23)19(5,6)16(14)26-27(9,22)25-13-20(7)11-15(2)18(3,4)17(20)24/h14-17,23-24H,10-13H2,1-9,22H3/t14-,15-,16-,17?,20-,21-,27?/m1/s1. The third-order valence-electron chi connectivity index (χ3n) is 8.15. The maximum Gasteiger partial charge on any atom is 0.191 e. The number of aliphatic hydroxyl groups excluding tert-OH is 2. The molecular formula is C21H44BO4P. The molecule has 0 spiro atoms. The van der Waals surface area contributed by atoms with Crippen LogP contribution in [0.1, 0.15) is 68.2 Å². The fourth-order valence-corrected chi connectivity index (χ4v) is 6.78. The molecule has 27 heavy (non-hydrogen) atoms. The highest BCUT2D eigenvalue weighted by atomic mass is 31.2. The third kappa shape index (κ3) is 4.01. The Balaban J connectivity index is 2.08. The van der Waals surface area contributed by atoms with Gasteiger partial charge >= 0.3 is 0 Å². The van der Waals surface area contributed by atoms with Gasteiger partial charge in [-0.1, -0.05) is 55.4 Å². The van der Waals surface area contributed by atoms with Crippen LogP contribution in [0, 0.1) is 33.5 Å². The average Bonchev–Trinajstić information content (AvgIpc) is 2.81. The second-order valence-electron chi connectivity index (χ2n) is 10.8. The van der Waals surface area contributed by atoms with Gasteiger partial charge in [-0.25, -0.2) is 0 Å². The monoisotopic (exact) mass is 402 g/mol. The molecule has 2 saturated carbocycles. The van der Waals surface area contributed by atoms with Gasteiger partial charge in [0.25, 0.3) is 0 Å². The highest BCUT2D eigenvalue weighted by Gasteiger charge is 2.58. The van der Waals surface area contributed by atoms with E-state index >= 15 is 0 Å². The minimum atomic E-state index is -1.80. The lowest BCUT2D eigenvalue weighted by atomic mass is 9.69. The Morgan fingerprint density at radius 3 is 2.04 bits per heavy atom. The van der Waals surface area contributed by atoms with Crippen LogP contribution >= 0.6 is 7.59 Å². The number of hydrogen-bond donors (Lipinski definition) is 2. The summed E-state index contributed by atoms with van der Waals surface area (Å²) in [6.07, 6.45) is 1.76. The summed E-state index contributed by atoms with van der Waals surface area (Å²) in [6.45, 7) is 20.7. The van der Waals surface area contributed by atoms with E-state index in [1.807, 2.05) is 0 Å². The predicted octanol–water partition coefficient (Wildman–Crippen LogP) is 3.64. The lowest BCUT2D eigenvalue weighted by Gasteiger charge is -2.42. The van der Waals surface area contributed by atoms with Crippen LogP contribution in [0.5, 0.6) is 0 Å². The average molecular weight is 402 g/mol. The first-order chi connectivity index (χ1) is 12.0. The first-order valence-corrected chi connectivity index (χ1v) is 11.7. The predicted molar refractivity (Wildman–Crippen MR) is 118 cm³/mol. The van der Waals surface area contributed by atoms with E-state index in [-0.39, 0.29) is 48.0 Å². The lowest BCUT2D eigenvalue weighted by Crippen LogP contribution is -2.42. The van der Waals surface area contributed by atoms with Crippen molar-refractivity contribution in [1.29, 1.82) is 0 Å². The molecule has 2 unspecified atom stereocenters. The minimum absolute atomic E-state index is 0.0704. The van der Waals surface area contributed by atoms with E-state index in [2.05, 4.69) is 62.1 Å². The van der Waals surface area contributed by atoms with E-state index in [9.17, 15) is 10.2 Å². The minimum Gasteiger partial charge on any atom is -0.396 e. The second kappa shape index (κ2) is 7.24. The van der Waals surface area contributed by atoms with E-state index in [1.54, 1.807) is 0 Å². The number of hydrogen-bond acceptors (Lipinski definition) is 4. The van der Waals surface area contributed by atoms with Crippen molar-refractivity contribution in [2.24, 2.45) is 33.5 Å². The molecule has 0 saturated heterocycles. The SMILES string of the molecule is [BH3-][P+](C)(OC[C@@]1(C)C[C@@H](C)C(C)(C)C1O)O[C@@H]1[C@H](C)C[C@](C)(CO)C1(C)C. The molecule has 0 heterocycles. The highest BCUT2D eigenvalue weighted by molar-refractivity contribution is 7.89. The summed E-state index contributed by atoms with van der Waals surface area (Å²) in [5.74, 6) is 0.902. The van der Waals surface area contributed by atoms with Crippen molar-refractivity contribution in [3.05, 3.63) is 0 Å². The van der Waals surface area contributed by atoms with Crippen molar-refractivity contribution >= 4 is 15.2 Å². The summed E-state index contributed by atoms with van der Waals surface area (Å²) >= 11 is 0. The van der Waals surface area contributed by atoms with Gasteiger partial charge < -0.3 is 10.2 Å². The van der Waals surface area contributed by atoms with Gasteiger partial charge in [0.05, 0.1) is 27.0 Å². The Labute approximate surface area is 168 Å². The van der Waals surface area contributed by atoms with E-state index in [0.29, 0.717) is 18.4 Å². The van der Waals surface area contributed by atoms with Crippen LogP contribution in [0.15, 0.2) is 0 Å². The topological polar surface area (TPSA) is 58.9 Å². The summed E-state index contributed by atoms with van der Waals surface area (Å²) in [5, 5.41) is 20.9. The maximum atomic E-state index is 10.9. The molecule has 4 nitrogen and oxygen atoms in total. The zero-order chi connectivity index (χ0) is 21.1. The molecule has 0 bridgehead atoms. The van der Waals surface area contributed by atoms with Crippen molar-refractivity contribution < 1.29 is 19.3 Å². The van der Waals surface area contributed by atoms with E-state index < -0.39 is 7.59 Å². The van der Waals surface area contributed by atoms with Crippen LogP contribution in [0.4, 0.5) is 0 Å². The Morgan fingerprint density at radius 1 is 1.07 bits per heavy atom. The van der Waals surface area contributed by atoms with Gasteiger partial charge in [0.15, 0.2) is 7.57 Å². The Morgan fingerprint density at radius 2 is 1.63 bits per heavy atom. The summed E-state index contributed by atoms with van der Waals surface area (Å²) in [6, 6.07) is 0. The summed E-state index contributed by atoms with van der Waals surface area (Å²) in [4.78, 5) is 0. The van der Waals surface area contributed by atoms with Gasteiger partial charge in [-0.15, -0.1) is 0 Å². The molecule has 0 radical (unpaired) electrons. The largest absolute Gasteiger partial charge is 0.396 e. The summed E-state index contributed by atoms with van der Waals surface area (Å²) < 4.78 is 13.3. The molecule has 0 amide bonds. The number of aliphatic hydroxyl groups is 2. The van der Waals surface area contributed by atoms with Crippen LogP contribution in [-0.4, -0.2) is 49.9 Å². The Hall–Kier alpha value is 0.335. The quantitative estimate of drug-likeness (QED) is 0.526. The van der Waals surface area contributed by atoms with Gasteiger partial charge in [0.2, 0.25) is 0 Å². The highest BCUT2D eigenvalue weighted by Crippen LogP contribution is 2.64. The van der Waals surface area contributed by atoms with Crippen molar-refractivity contribution in [3.8, 4) is 0 Å². The van der Waals surface area contributed by atoms with Crippen molar-refractivity contribution in [2.75, 3.05) is 19.9 Å². The summed E-state index contributed by atoms with van der Waals surface area (Å²) in [5.41, 5.74) is -0.450.